The molecule has 1 aliphatic heterocycles. The minimum atomic E-state index is -0.234. The minimum absolute atomic E-state index is 0.0836. The monoisotopic (exact) mass is 366 g/mol. The second-order valence-electron chi connectivity index (χ2n) is 6.98. The van der Waals surface area contributed by atoms with Crippen molar-refractivity contribution in [3.8, 4) is 11.1 Å². The molecule has 2 amide bonds. The van der Waals surface area contributed by atoms with Gasteiger partial charge in [-0.2, -0.15) is 0 Å². The Balaban J connectivity index is 1.64. The van der Waals surface area contributed by atoms with Crippen LogP contribution in [0.2, 0.25) is 0 Å². The SMILES string of the molecule is Cc1nccc(-c2ccccc2)c1C(=O)NCCN1CCC[C@H](C(N)=O)C1. The summed E-state index contributed by atoms with van der Waals surface area (Å²) in [6.07, 6.45) is 3.54. The number of nitrogens with zero attached hydrogens (tertiary/aromatic N) is 2. The first kappa shape index (κ1) is 19.0. The van der Waals surface area contributed by atoms with E-state index in [2.05, 4.69) is 15.2 Å². The van der Waals surface area contributed by atoms with Gasteiger partial charge in [0.1, 0.15) is 0 Å². The van der Waals surface area contributed by atoms with E-state index >= 15 is 0 Å². The Bertz CT molecular complexity index is 807. The lowest BCUT2D eigenvalue weighted by Crippen LogP contribution is -2.44. The summed E-state index contributed by atoms with van der Waals surface area (Å²) >= 11 is 0. The Morgan fingerprint density at radius 1 is 1.26 bits per heavy atom. The van der Waals surface area contributed by atoms with Crippen LogP contribution in [0.5, 0.6) is 0 Å². The number of amides is 2. The molecule has 27 heavy (non-hydrogen) atoms. The van der Waals surface area contributed by atoms with Gasteiger partial charge in [-0.1, -0.05) is 30.3 Å². The Morgan fingerprint density at radius 2 is 2.04 bits per heavy atom. The number of carbonyl (C=O) groups is 2. The topological polar surface area (TPSA) is 88.3 Å². The van der Waals surface area contributed by atoms with Crippen LogP contribution in [-0.2, 0) is 4.79 Å². The molecule has 1 atom stereocenters. The average molecular weight is 366 g/mol. The van der Waals surface area contributed by atoms with Gasteiger partial charge in [-0.05, 0) is 43.5 Å². The summed E-state index contributed by atoms with van der Waals surface area (Å²) in [4.78, 5) is 30.7. The van der Waals surface area contributed by atoms with Crippen molar-refractivity contribution in [1.29, 1.82) is 0 Å². The fraction of sp³-hybridized carbons (Fsp3) is 0.381. The highest BCUT2D eigenvalue weighted by molar-refractivity contribution is 6.01. The second-order valence-corrected chi connectivity index (χ2v) is 6.98. The summed E-state index contributed by atoms with van der Waals surface area (Å²) in [6, 6.07) is 11.7. The molecule has 6 nitrogen and oxygen atoms in total. The second kappa shape index (κ2) is 8.77. The molecule has 1 aliphatic rings. The standard InChI is InChI=1S/C21H26N4O2/c1-15-19(18(9-10-23-15)16-6-3-2-4-7-16)21(27)24-11-13-25-12-5-8-17(14-25)20(22)26/h2-4,6-7,9-10,17H,5,8,11-14H2,1H3,(H2,22,26)(H,24,27)/t17-/m0/s1. The third-order valence-corrected chi connectivity index (χ3v) is 5.07. The van der Waals surface area contributed by atoms with Crippen LogP contribution in [0, 0.1) is 12.8 Å². The molecular formula is C21H26N4O2. The predicted molar refractivity (Wildman–Crippen MR) is 105 cm³/mol. The van der Waals surface area contributed by atoms with Crippen molar-refractivity contribution in [2.45, 2.75) is 19.8 Å². The molecule has 0 radical (unpaired) electrons. The Hall–Kier alpha value is -2.73. The summed E-state index contributed by atoms with van der Waals surface area (Å²) in [6.45, 7) is 4.68. The van der Waals surface area contributed by atoms with E-state index in [-0.39, 0.29) is 17.7 Å². The highest BCUT2D eigenvalue weighted by Gasteiger charge is 2.24. The van der Waals surface area contributed by atoms with Crippen molar-refractivity contribution >= 4 is 11.8 Å². The molecule has 142 valence electrons. The van der Waals surface area contributed by atoms with Gasteiger partial charge in [0.05, 0.1) is 17.2 Å². The molecule has 3 rings (SSSR count). The molecule has 0 spiro atoms. The molecule has 2 aromatic rings. The number of primary amides is 1. The maximum atomic E-state index is 12.8. The van der Waals surface area contributed by atoms with Crippen molar-refractivity contribution in [3.63, 3.8) is 0 Å². The lowest BCUT2D eigenvalue weighted by Gasteiger charge is -2.31. The van der Waals surface area contributed by atoms with Crippen LogP contribution in [0.3, 0.4) is 0 Å². The highest BCUT2D eigenvalue weighted by Crippen LogP contribution is 2.24. The number of hydrogen-bond donors (Lipinski definition) is 2. The Morgan fingerprint density at radius 3 is 2.78 bits per heavy atom. The molecule has 6 heteroatoms. The van der Waals surface area contributed by atoms with Crippen LogP contribution >= 0.6 is 0 Å². The van der Waals surface area contributed by atoms with E-state index in [1.807, 2.05) is 43.3 Å². The number of aryl methyl sites for hydroxylation is 1. The summed E-state index contributed by atoms with van der Waals surface area (Å²) in [5.74, 6) is -0.440. The van der Waals surface area contributed by atoms with Gasteiger partial charge in [0.15, 0.2) is 0 Å². The molecule has 0 saturated carbocycles. The van der Waals surface area contributed by atoms with E-state index in [9.17, 15) is 9.59 Å². The normalized spacial score (nSPS) is 17.4. The number of aromatic nitrogens is 1. The highest BCUT2D eigenvalue weighted by atomic mass is 16.2. The van der Waals surface area contributed by atoms with Crippen LogP contribution in [0.25, 0.3) is 11.1 Å². The van der Waals surface area contributed by atoms with E-state index in [1.54, 1.807) is 6.20 Å². The number of carbonyl (C=O) groups excluding carboxylic acids is 2. The summed E-state index contributed by atoms with van der Waals surface area (Å²) in [5.41, 5.74) is 8.62. The molecular weight excluding hydrogens is 340 g/mol. The maximum Gasteiger partial charge on any atom is 0.253 e. The number of piperidine rings is 1. The van der Waals surface area contributed by atoms with Gasteiger partial charge in [0.25, 0.3) is 5.91 Å². The smallest absolute Gasteiger partial charge is 0.253 e. The number of nitrogens with two attached hydrogens (primary N) is 1. The number of likely N-dealkylation sites (tertiary alicyclic amines) is 1. The van der Waals surface area contributed by atoms with Gasteiger partial charge < -0.3 is 16.0 Å². The molecule has 0 unspecified atom stereocenters. The van der Waals surface area contributed by atoms with Crippen LogP contribution < -0.4 is 11.1 Å². The summed E-state index contributed by atoms with van der Waals surface area (Å²) in [5, 5.41) is 3.00. The van der Waals surface area contributed by atoms with Crippen LogP contribution in [0.15, 0.2) is 42.6 Å². The molecule has 1 fully saturated rings. The first-order valence-corrected chi connectivity index (χ1v) is 9.37. The number of benzene rings is 1. The maximum absolute atomic E-state index is 12.8. The van der Waals surface area contributed by atoms with Crippen molar-refractivity contribution in [2.75, 3.05) is 26.2 Å². The number of nitrogens with one attached hydrogen (secondary N) is 1. The number of rotatable bonds is 6. The lowest BCUT2D eigenvalue weighted by atomic mass is 9.97. The van der Waals surface area contributed by atoms with Crippen molar-refractivity contribution in [2.24, 2.45) is 11.7 Å². The minimum Gasteiger partial charge on any atom is -0.369 e. The van der Waals surface area contributed by atoms with Crippen LogP contribution in [-0.4, -0.2) is 47.9 Å². The zero-order chi connectivity index (χ0) is 19.2. The summed E-state index contributed by atoms with van der Waals surface area (Å²) < 4.78 is 0. The zero-order valence-corrected chi connectivity index (χ0v) is 15.6. The van der Waals surface area contributed by atoms with E-state index in [4.69, 9.17) is 5.73 Å². The Labute approximate surface area is 159 Å². The average Bonchev–Trinajstić information content (AvgIpc) is 2.68. The van der Waals surface area contributed by atoms with Gasteiger partial charge in [-0.25, -0.2) is 0 Å². The van der Waals surface area contributed by atoms with E-state index in [1.165, 1.54) is 0 Å². The molecule has 3 N–H and O–H groups in total. The van der Waals surface area contributed by atoms with Crippen LogP contribution in [0.1, 0.15) is 28.9 Å². The van der Waals surface area contributed by atoms with Gasteiger partial charge in [0, 0.05) is 25.8 Å². The quantitative estimate of drug-likeness (QED) is 0.818. The predicted octanol–water partition coefficient (Wildman–Crippen LogP) is 1.98. The zero-order valence-electron chi connectivity index (χ0n) is 15.6. The summed E-state index contributed by atoms with van der Waals surface area (Å²) in [7, 11) is 0. The van der Waals surface area contributed by atoms with E-state index < -0.39 is 0 Å². The lowest BCUT2D eigenvalue weighted by molar-refractivity contribution is -0.123. The van der Waals surface area contributed by atoms with Gasteiger partial charge in [-0.15, -0.1) is 0 Å². The molecule has 0 aliphatic carbocycles. The van der Waals surface area contributed by atoms with E-state index in [0.29, 0.717) is 30.9 Å². The number of pyridine rings is 1. The molecule has 1 aromatic carbocycles. The Kier molecular flexibility index (Phi) is 6.19. The largest absolute Gasteiger partial charge is 0.369 e. The first-order chi connectivity index (χ1) is 13.1. The van der Waals surface area contributed by atoms with E-state index in [0.717, 1.165) is 30.5 Å². The fourth-order valence-corrected chi connectivity index (χ4v) is 3.62. The van der Waals surface area contributed by atoms with Gasteiger partial charge in [-0.3, -0.25) is 14.6 Å². The van der Waals surface area contributed by atoms with Gasteiger partial charge >= 0.3 is 0 Å². The molecule has 1 aromatic heterocycles. The molecule has 2 heterocycles. The van der Waals surface area contributed by atoms with Crippen LogP contribution in [0.4, 0.5) is 0 Å². The third-order valence-electron chi connectivity index (χ3n) is 5.07. The molecule has 1 saturated heterocycles. The number of hydrogen-bond acceptors (Lipinski definition) is 4. The fourth-order valence-electron chi connectivity index (χ4n) is 3.62. The first-order valence-electron chi connectivity index (χ1n) is 9.37. The third kappa shape index (κ3) is 4.71. The molecule has 0 bridgehead atoms. The van der Waals surface area contributed by atoms with Crippen molar-refractivity contribution in [3.05, 3.63) is 53.9 Å². The van der Waals surface area contributed by atoms with Crippen molar-refractivity contribution < 1.29 is 9.59 Å². The van der Waals surface area contributed by atoms with Gasteiger partial charge in [0.2, 0.25) is 5.91 Å². The van der Waals surface area contributed by atoms with Crippen molar-refractivity contribution in [1.82, 2.24) is 15.2 Å².